The molecule has 1 atom stereocenters. The molecule has 0 bridgehead atoms. The van der Waals surface area contributed by atoms with E-state index in [4.69, 9.17) is 9.47 Å². The third-order valence-electron chi connectivity index (χ3n) is 2.95. The average Bonchev–Trinajstić information content (AvgIpc) is 2.90. The van der Waals surface area contributed by atoms with Gasteiger partial charge in [-0.1, -0.05) is 0 Å². The standard InChI is InChI=1S/C11H15NO5/c1-2-17-11(15)8-5-12(10(14)9(8)13)7-3-4-16-6-7/h7,13H,2-6H2,1H3. The van der Waals surface area contributed by atoms with Crippen molar-refractivity contribution in [2.45, 2.75) is 19.4 Å². The summed E-state index contributed by atoms with van der Waals surface area (Å²) >= 11 is 0. The quantitative estimate of drug-likeness (QED) is 0.703. The molecule has 6 nitrogen and oxygen atoms in total. The fraction of sp³-hybridized carbons (Fsp3) is 0.636. The van der Waals surface area contributed by atoms with Crippen molar-refractivity contribution in [3.8, 4) is 0 Å². The first-order valence-electron chi connectivity index (χ1n) is 5.63. The summed E-state index contributed by atoms with van der Waals surface area (Å²) in [6.07, 6.45) is 0.731. The minimum atomic E-state index is -0.625. The molecule has 2 heterocycles. The Bertz CT molecular complexity index is 370. The monoisotopic (exact) mass is 241 g/mol. The molecule has 0 aromatic rings. The van der Waals surface area contributed by atoms with Gasteiger partial charge in [0.1, 0.15) is 5.57 Å². The molecule has 2 rings (SSSR count). The molecule has 0 aromatic heterocycles. The van der Waals surface area contributed by atoms with Crippen molar-refractivity contribution in [1.82, 2.24) is 4.90 Å². The SMILES string of the molecule is CCOC(=O)C1=C(O)C(=O)N(C2CCOC2)C1. The van der Waals surface area contributed by atoms with Crippen LogP contribution in [0.1, 0.15) is 13.3 Å². The third kappa shape index (κ3) is 2.12. The van der Waals surface area contributed by atoms with E-state index in [0.29, 0.717) is 13.2 Å². The normalized spacial score (nSPS) is 24.6. The van der Waals surface area contributed by atoms with Crippen molar-refractivity contribution in [1.29, 1.82) is 0 Å². The van der Waals surface area contributed by atoms with Crippen LogP contribution in [0, 0.1) is 0 Å². The fourth-order valence-corrected chi connectivity index (χ4v) is 2.02. The fourth-order valence-electron chi connectivity index (χ4n) is 2.02. The summed E-state index contributed by atoms with van der Waals surface area (Å²) < 4.78 is 9.97. The van der Waals surface area contributed by atoms with E-state index in [0.717, 1.165) is 6.42 Å². The highest BCUT2D eigenvalue weighted by Crippen LogP contribution is 2.24. The van der Waals surface area contributed by atoms with Gasteiger partial charge in [0.15, 0.2) is 5.76 Å². The maximum Gasteiger partial charge on any atom is 0.339 e. The maximum absolute atomic E-state index is 11.8. The van der Waals surface area contributed by atoms with E-state index in [2.05, 4.69) is 0 Å². The van der Waals surface area contributed by atoms with Crippen LogP contribution in [-0.4, -0.2) is 54.3 Å². The predicted octanol–water partition coefficient (Wildman–Crippen LogP) is -0.00730. The number of hydrogen-bond acceptors (Lipinski definition) is 5. The Kier molecular flexibility index (Phi) is 3.33. The zero-order valence-electron chi connectivity index (χ0n) is 9.64. The first-order valence-corrected chi connectivity index (χ1v) is 5.63. The third-order valence-corrected chi connectivity index (χ3v) is 2.95. The second-order valence-electron chi connectivity index (χ2n) is 4.00. The number of esters is 1. The number of hydrogen-bond donors (Lipinski definition) is 1. The summed E-state index contributed by atoms with van der Waals surface area (Å²) in [4.78, 5) is 24.7. The summed E-state index contributed by atoms with van der Waals surface area (Å²) in [5.41, 5.74) is 0.0451. The minimum absolute atomic E-state index is 0.0451. The average molecular weight is 241 g/mol. The number of ether oxygens (including phenoxy) is 2. The highest BCUT2D eigenvalue weighted by atomic mass is 16.5. The van der Waals surface area contributed by atoms with Gasteiger partial charge in [0.25, 0.3) is 5.91 Å². The molecular weight excluding hydrogens is 226 g/mol. The summed E-state index contributed by atoms with van der Waals surface area (Å²) in [6.45, 7) is 3.06. The Morgan fingerprint density at radius 1 is 1.65 bits per heavy atom. The van der Waals surface area contributed by atoms with Gasteiger partial charge in [0, 0.05) is 6.61 Å². The lowest BCUT2D eigenvalue weighted by molar-refractivity contribution is -0.138. The molecule has 1 amide bonds. The molecule has 17 heavy (non-hydrogen) atoms. The highest BCUT2D eigenvalue weighted by Gasteiger charge is 2.39. The summed E-state index contributed by atoms with van der Waals surface area (Å²) in [5, 5.41) is 9.63. The molecule has 2 aliphatic heterocycles. The Labute approximate surface area is 98.8 Å². The van der Waals surface area contributed by atoms with E-state index < -0.39 is 17.6 Å². The van der Waals surface area contributed by atoms with Crippen LogP contribution in [0.2, 0.25) is 0 Å². The molecule has 94 valence electrons. The van der Waals surface area contributed by atoms with Gasteiger partial charge in [-0.05, 0) is 13.3 Å². The van der Waals surface area contributed by atoms with Crippen LogP contribution in [0.25, 0.3) is 0 Å². The van der Waals surface area contributed by atoms with Crippen LogP contribution in [0.5, 0.6) is 0 Å². The topological polar surface area (TPSA) is 76.1 Å². The number of nitrogens with zero attached hydrogens (tertiary/aromatic N) is 1. The van der Waals surface area contributed by atoms with Crippen molar-refractivity contribution in [2.75, 3.05) is 26.4 Å². The zero-order chi connectivity index (χ0) is 12.4. The Balaban J connectivity index is 2.09. The van der Waals surface area contributed by atoms with Crippen LogP contribution < -0.4 is 0 Å². The largest absolute Gasteiger partial charge is 0.503 e. The van der Waals surface area contributed by atoms with Crippen molar-refractivity contribution in [3.63, 3.8) is 0 Å². The number of aliphatic hydroxyl groups excluding tert-OH is 1. The smallest absolute Gasteiger partial charge is 0.339 e. The lowest BCUT2D eigenvalue weighted by Crippen LogP contribution is -2.38. The van der Waals surface area contributed by atoms with Crippen molar-refractivity contribution < 1.29 is 24.2 Å². The molecule has 0 aromatic carbocycles. The molecule has 0 aliphatic carbocycles. The predicted molar refractivity (Wildman–Crippen MR) is 57.2 cm³/mol. The van der Waals surface area contributed by atoms with Crippen molar-refractivity contribution in [3.05, 3.63) is 11.3 Å². The van der Waals surface area contributed by atoms with Crippen molar-refractivity contribution >= 4 is 11.9 Å². The van der Waals surface area contributed by atoms with Gasteiger partial charge in [0.05, 0.1) is 25.8 Å². The molecule has 6 heteroatoms. The van der Waals surface area contributed by atoms with Gasteiger partial charge in [-0.25, -0.2) is 4.79 Å². The molecule has 2 aliphatic rings. The van der Waals surface area contributed by atoms with Crippen LogP contribution in [0.4, 0.5) is 0 Å². The van der Waals surface area contributed by atoms with Gasteiger partial charge in [-0.3, -0.25) is 4.79 Å². The number of carbonyl (C=O) groups is 2. The van der Waals surface area contributed by atoms with E-state index in [9.17, 15) is 14.7 Å². The van der Waals surface area contributed by atoms with Crippen LogP contribution in [0.3, 0.4) is 0 Å². The lowest BCUT2D eigenvalue weighted by Gasteiger charge is -2.22. The van der Waals surface area contributed by atoms with E-state index in [1.807, 2.05) is 0 Å². The minimum Gasteiger partial charge on any atom is -0.503 e. The first kappa shape index (κ1) is 11.9. The van der Waals surface area contributed by atoms with Crippen molar-refractivity contribution in [2.24, 2.45) is 0 Å². The molecule has 0 saturated carbocycles. The lowest BCUT2D eigenvalue weighted by atomic mass is 10.2. The molecule has 0 radical (unpaired) electrons. The number of amides is 1. The molecule has 0 spiro atoms. The van der Waals surface area contributed by atoms with E-state index >= 15 is 0 Å². The van der Waals surface area contributed by atoms with Crippen LogP contribution >= 0.6 is 0 Å². The van der Waals surface area contributed by atoms with E-state index in [1.165, 1.54) is 4.90 Å². The van der Waals surface area contributed by atoms with Gasteiger partial charge in [-0.15, -0.1) is 0 Å². The molecule has 1 N–H and O–H groups in total. The Morgan fingerprint density at radius 2 is 2.41 bits per heavy atom. The molecule has 1 fully saturated rings. The van der Waals surface area contributed by atoms with E-state index in [1.54, 1.807) is 6.92 Å². The zero-order valence-corrected chi connectivity index (χ0v) is 9.64. The molecular formula is C11H15NO5. The highest BCUT2D eigenvalue weighted by molar-refractivity contribution is 6.05. The summed E-state index contributed by atoms with van der Waals surface area (Å²) in [5.74, 6) is -1.63. The van der Waals surface area contributed by atoms with Gasteiger partial charge in [0.2, 0.25) is 0 Å². The van der Waals surface area contributed by atoms with Gasteiger partial charge >= 0.3 is 5.97 Å². The van der Waals surface area contributed by atoms with E-state index in [-0.39, 0.29) is 24.8 Å². The van der Waals surface area contributed by atoms with Crippen LogP contribution in [-0.2, 0) is 19.1 Å². The number of aliphatic hydroxyl groups is 1. The maximum atomic E-state index is 11.8. The number of rotatable bonds is 3. The number of carbonyl (C=O) groups excluding carboxylic acids is 2. The Hall–Kier alpha value is -1.56. The van der Waals surface area contributed by atoms with Gasteiger partial charge < -0.3 is 19.5 Å². The Morgan fingerprint density at radius 3 is 3.00 bits per heavy atom. The van der Waals surface area contributed by atoms with Gasteiger partial charge in [-0.2, -0.15) is 0 Å². The summed E-state index contributed by atoms with van der Waals surface area (Å²) in [6, 6.07) is -0.0587. The molecule has 1 unspecified atom stereocenters. The summed E-state index contributed by atoms with van der Waals surface area (Å²) in [7, 11) is 0. The second kappa shape index (κ2) is 4.75. The second-order valence-corrected chi connectivity index (χ2v) is 4.00. The first-order chi connectivity index (χ1) is 8.15. The van der Waals surface area contributed by atoms with Crippen LogP contribution in [0.15, 0.2) is 11.3 Å². The molecule has 1 saturated heterocycles.